The molecule has 0 saturated heterocycles. The lowest BCUT2D eigenvalue weighted by molar-refractivity contribution is -0.176. The number of carboxylic acids is 2. The van der Waals surface area contributed by atoms with Crippen LogP contribution < -0.4 is 0 Å². The Kier molecular flexibility index (Phi) is 7.88. The second kappa shape index (κ2) is 9.86. The van der Waals surface area contributed by atoms with Crippen molar-refractivity contribution in [3.05, 3.63) is 71.8 Å². The largest absolute Gasteiger partial charge is 0.478 e. The van der Waals surface area contributed by atoms with Gasteiger partial charge in [0.05, 0.1) is 11.1 Å². The minimum Gasteiger partial charge on any atom is -0.478 e. The number of carbonyl (C=O) groups is 4. The molecule has 0 aliphatic heterocycles. The van der Waals surface area contributed by atoms with Gasteiger partial charge in [-0.2, -0.15) is 0 Å². The van der Waals surface area contributed by atoms with E-state index in [0.29, 0.717) is 5.57 Å². The van der Waals surface area contributed by atoms with Crippen LogP contribution in [-0.2, 0) is 23.9 Å². The first kappa shape index (κ1) is 22.4. The molecule has 1 rings (SSSR count). The van der Waals surface area contributed by atoms with E-state index in [1.807, 2.05) is 0 Å². The number of carbonyl (C=O) groups excluding carboxylic acids is 2. The number of ether oxygens (including phenoxy) is 2. The lowest BCUT2D eigenvalue weighted by atomic mass is 10.1. The number of allylic oxidation sites excluding steroid dienone is 2. The van der Waals surface area contributed by atoms with E-state index in [4.69, 9.17) is 9.47 Å². The molecule has 0 aliphatic rings. The second-order valence-corrected chi connectivity index (χ2v) is 5.90. The normalized spacial score (nSPS) is 12.6. The van der Waals surface area contributed by atoms with Gasteiger partial charge in [0.25, 0.3) is 0 Å². The molecular weight excluding hydrogens is 368 g/mol. The number of aryl methyl sites for hydroxylation is 1. The maximum atomic E-state index is 12.1. The highest BCUT2D eigenvalue weighted by Gasteiger charge is 2.41. The Hall–Kier alpha value is -3.68. The van der Waals surface area contributed by atoms with Crippen molar-refractivity contribution in [3.8, 4) is 0 Å². The number of carboxylic acid groups (broad SMARTS) is 2. The third-order valence-corrected chi connectivity index (χ3v) is 3.35. The number of aliphatic carboxylic acids is 2. The van der Waals surface area contributed by atoms with E-state index in [-0.39, 0.29) is 11.1 Å². The van der Waals surface area contributed by atoms with Crippen LogP contribution in [-0.4, -0.2) is 46.3 Å². The molecule has 0 heterocycles. The van der Waals surface area contributed by atoms with Crippen LogP contribution in [0.5, 0.6) is 0 Å². The fourth-order valence-electron chi connectivity index (χ4n) is 1.86. The Labute approximate surface area is 161 Å². The first-order valence-corrected chi connectivity index (χ1v) is 7.99. The highest BCUT2D eigenvalue weighted by molar-refractivity contribution is 5.95. The third-order valence-electron chi connectivity index (χ3n) is 3.35. The standard InChI is InChI=1S/C20H20O8/c1-11(2)5-8-13(4)19(25)27-15(17(21)22)16(18(23)24)28-20(26)14-9-6-12(3)7-10-14/h5-10,15-16H,1,4H2,2-3H3,(H,21,22)(H,23,24). The molecule has 0 aromatic heterocycles. The molecule has 1 aromatic carbocycles. The number of hydrogen-bond donors (Lipinski definition) is 2. The van der Waals surface area contributed by atoms with Gasteiger partial charge in [-0.1, -0.05) is 42.5 Å². The van der Waals surface area contributed by atoms with E-state index in [1.165, 1.54) is 24.3 Å². The molecular formula is C20H20O8. The zero-order chi connectivity index (χ0) is 21.4. The molecule has 1 aromatic rings. The summed E-state index contributed by atoms with van der Waals surface area (Å²) >= 11 is 0. The van der Waals surface area contributed by atoms with Gasteiger partial charge in [-0.05, 0) is 32.1 Å². The van der Waals surface area contributed by atoms with Crippen molar-refractivity contribution in [3.63, 3.8) is 0 Å². The van der Waals surface area contributed by atoms with Gasteiger partial charge in [0, 0.05) is 0 Å². The average Bonchev–Trinajstić information content (AvgIpc) is 2.62. The van der Waals surface area contributed by atoms with E-state index in [1.54, 1.807) is 26.0 Å². The van der Waals surface area contributed by atoms with Crippen LogP contribution in [0.1, 0.15) is 22.8 Å². The zero-order valence-electron chi connectivity index (χ0n) is 15.4. The quantitative estimate of drug-likeness (QED) is 0.375. The van der Waals surface area contributed by atoms with Gasteiger partial charge < -0.3 is 19.7 Å². The Balaban J connectivity index is 3.01. The number of rotatable bonds is 9. The Morgan fingerprint density at radius 3 is 1.89 bits per heavy atom. The van der Waals surface area contributed by atoms with Gasteiger partial charge in [0.2, 0.25) is 12.2 Å². The van der Waals surface area contributed by atoms with Gasteiger partial charge in [0.1, 0.15) is 0 Å². The zero-order valence-corrected chi connectivity index (χ0v) is 15.4. The summed E-state index contributed by atoms with van der Waals surface area (Å²) < 4.78 is 9.49. The van der Waals surface area contributed by atoms with Gasteiger partial charge >= 0.3 is 23.9 Å². The molecule has 0 bridgehead atoms. The SMILES string of the molecule is C=C(C)C=CC(=C)C(=O)OC(C(=O)O)C(OC(=O)c1ccc(C)cc1)C(=O)O. The minimum absolute atomic E-state index is 0.0149. The summed E-state index contributed by atoms with van der Waals surface area (Å²) in [5.74, 6) is -5.84. The van der Waals surface area contributed by atoms with Crippen LogP contribution in [0.4, 0.5) is 0 Å². The van der Waals surface area contributed by atoms with Crippen LogP contribution in [0, 0.1) is 6.92 Å². The summed E-state index contributed by atoms with van der Waals surface area (Å²) in [4.78, 5) is 47.0. The molecule has 2 atom stereocenters. The smallest absolute Gasteiger partial charge is 0.349 e. The number of hydrogen-bond acceptors (Lipinski definition) is 6. The van der Waals surface area contributed by atoms with Crippen molar-refractivity contribution >= 4 is 23.9 Å². The first-order chi connectivity index (χ1) is 13.0. The van der Waals surface area contributed by atoms with Crippen LogP contribution in [0.2, 0.25) is 0 Å². The number of esters is 2. The van der Waals surface area contributed by atoms with Gasteiger partial charge in [-0.3, -0.25) is 0 Å². The lowest BCUT2D eigenvalue weighted by Gasteiger charge is -2.21. The summed E-state index contributed by atoms with van der Waals surface area (Å²) in [6.07, 6.45) is -1.86. The highest BCUT2D eigenvalue weighted by atomic mass is 16.6. The van der Waals surface area contributed by atoms with Crippen molar-refractivity contribution in [2.45, 2.75) is 26.1 Å². The number of benzene rings is 1. The molecule has 0 radical (unpaired) electrons. The molecule has 0 saturated carbocycles. The van der Waals surface area contributed by atoms with Gasteiger partial charge in [-0.15, -0.1) is 0 Å². The highest BCUT2D eigenvalue weighted by Crippen LogP contribution is 2.13. The van der Waals surface area contributed by atoms with Crippen molar-refractivity contribution in [1.29, 1.82) is 0 Å². The molecule has 0 fully saturated rings. The summed E-state index contributed by atoms with van der Waals surface area (Å²) in [5, 5.41) is 18.5. The molecule has 8 heteroatoms. The molecule has 2 N–H and O–H groups in total. The summed E-state index contributed by atoms with van der Waals surface area (Å²) in [5.41, 5.74) is 1.23. The Bertz CT molecular complexity index is 832. The molecule has 0 spiro atoms. The van der Waals surface area contributed by atoms with E-state index in [2.05, 4.69) is 13.2 Å². The van der Waals surface area contributed by atoms with Crippen molar-refractivity contribution in [2.24, 2.45) is 0 Å². The summed E-state index contributed by atoms with van der Waals surface area (Å²) in [6.45, 7) is 10.4. The summed E-state index contributed by atoms with van der Waals surface area (Å²) in [7, 11) is 0. The Morgan fingerprint density at radius 1 is 0.929 bits per heavy atom. The Morgan fingerprint density at radius 2 is 1.43 bits per heavy atom. The maximum Gasteiger partial charge on any atom is 0.349 e. The fourth-order valence-corrected chi connectivity index (χ4v) is 1.86. The van der Waals surface area contributed by atoms with E-state index < -0.39 is 36.1 Å². The average molecular weight is 388 g/mol. The van der Waals surface area contributed by atoms with Crippen molar-refractivity contribution < 1.29 is 38.9 Å². The van der Waals surface area contributed by atoms with Crippen molar-refractivity contribution in [2.75, 3.05) is 0 Å². The van der Waals surface area contributed by atoms with Crippen LogP contribution >= 0.6 is 0 Å². The molecule has 0 aliphatic carbocycles. The van der Waals surface area contributed by atoms with E-state index in [9.17, 15) is 29.4 Å². The van der Waals surface area contributed by atoms with Crippen LogP contribution in [0.15, 0.2) is 60.7 Å². The third kappa shape index (κ3) is 6.56. The molecule has 8 nitrogen and oxygen atoms in total. The molecule has 0 amide bonds. The topological polar surface area (TPSA) is 127 Å². The second-order valence-electron chi connectivity index (χ2n) is 5.90. The molecule has 148 valence electrons. The van der Waals surface area contributed by atoms with E-state index >= 15 is 0 Å². The maximum absolute atomic E-state index is 12.1. The molecule has 2 unspecified atom stereocenters. The van der Waals surface area contributed by atoms with Gasteiger partial charge in [-0.25, -0.2) is 19.2 Å². The molecule has 28 heavy (non-hydrogen) atoms. The van der Waals surface area contributed by atoms with Crippen molar-refractivity contribution in [1.82, 2.24) is 0 Å². The predicted octanol–water partition coefficient (Wildman–Crippen LogP) is 2.29. The lowest BCUT2D eigenvalue weighted by Crippen LogP contribution is -2.46. The van der Waals surface area contributed by atoms with Crippen LogP contribution in [0.25, 0.3) is 0 Å². The fraction of sp³-hybridized carbons (Fsp3) is 0.200. The first-order valence-electron chi connectivity index (χ1n) is 7.99. The predicted molar refractivity (Wildman–Crippen MR) is 98.6 cm³/mol. The van der Waals surface area contributed by atoms with E-state index in [0.717, 1.165) is 5.56 Å². The summed E-state index contributed by atoms with van der Waals surface area (Å²) in [6, 6.07) is 5.98. The minimum atomic E-state index is -2.27. The van der Waals surface area contributed by atoms with Crippen LogP contribution in [0.3, 0.4) is 0 Å². The monoisotopic (exact) mass is 388 g/mol. The van der Waals surface area contributed by atoms with Gasteiger partial charge in [0.15, 0.2) is 0 Å².